The quantitative estimate of drug-likeness (QED) is 0.707. The number of fused-ring (bicyclic) bond motifs is 5. The molecule has 0 aromatic heterocycles. The van der Waals surface area contributed by atoms with E-state index in [9.17, 15) is 0 Å². The van der Waals surface area contributed by atoms with Gasteiger partial charge in [-0.25, -0.2) is 0 Å². The Hall–Kier alpha value is -2.54. The van der Waals surface area contributed by atoms with Gasteiger partial charge in [-0.05, 0) is 70.2 Å². The largest absolute Gasteiger partial charge is 0.497 e. The van der Waals surface area contributed by atoms with Crippen LogP contribution in [-0.4, -0.2) is 6.61 Å². The molecule has 1 heteroatoms. The fourth-order valence-electron chi connectivity index (χ4n) is 3.61. The molecule has 1 heterocycles. The molecule has 0 radical (unpaired) electrons. The van der Waals surface area contributed by atoms with Crippen molar-refractivity contribution in [2.24, 2.45) is 0 Å². The summed E-state index contributed by atoms with van der Waals surface area (Å²) in [7, 11) is 0. The van der Waals surface area contributed by atoms with Crippen LogP contribution in [0, 0.1) is 0 Å². The molecule has 1 nitrogen and oxygen atoms in total. The molecular formula is C23H22O. The molecule has 2 aromatic carbocycles. The van der Waals surface area contributed by atoms with Crippen molar-refractivity contribution in [3.05, 3.63) is 76.4 Å². The summed E-state index contributed by atoms with van der Waals surface area (Å²) in [5, 5.41) is 5.78. The number of hydrogen-bond acceptors (Lipinski definition) is 1. The minimum atomic E-state index is 0.733. The smallest absolute Gasteiger partial charge is 0.106 e. The maximum atomic E-state index is 4.80. The lowest BCUT2D eigenvalue weighted by molar-refractivity contribution is 0.286. The highest BCUT2D eigenvalue weighted by Gasteiger charge is 2.08. The fourth-order valence-corrected chi connectivity index (χ4v) is 3.61. The third-order valence-electron chi connectivity index (χ3n) is 4.78. The van der Waals surface area contributed by atoms with Crippen molar-refractivity contribution in [3.63, 3.8) is 0 Å². The van der Waals surface area contributed by atoms with Crippen LogP contribution in [0.1, 0.15) is 30.4 Å². The number of hydrogen-bond donors (Lipinski definition) is 0. The molecular weight excluding hydrogens is 292 g/mol. The highest BCUT2D eigenvalue weighted by atomic mass is 16.5. The van der Waals surface area contributed by atoms with Crippen molar-refractivity contribution < 1.29 is 4.74 Å². The highest BCUT2D eigenvalue weighted by molar-refractivity contribution is 5.88. The van der Waals surface area contributed by atoms with E-state index in [1.807, 2.05) is 18.2 Å². The minimum Gasteiger partial charge on any atom is -0.497 e. The van der Waals surface area contributed by atoms with Crippen molar-refractivity contribution in [1.29, 1.82) is 0 Å². The average molecular weight is 314 g/mol. The monoisotopic (exact) mass is 314 g/mol. The molecule has 1 aliphatic heterocycles. The summed E-state index contributed by atoms with van der Waals surface area (Å²) in [6.45, 7) is 0.733. The van der Waals surface area contributed by atoms with E-state index in [0.717, 1.165) is 13.0 Å². The number of benzene rings is 2. The van der Waals surface area contributed by atoms with Crippen LogP contribution in [0.15, 0.2) is 54.8 Å². The van der Waals surface area contributed by atoms with Gasteiger partial charge in [0.05, 0.1) is 6.26 Å². The van der Waals surface area contributed by atoms with Crippen LogP contribution in [0.2, 0.25) is 0 Å². The minimum absolute atomic E-state index is 0.733. The zero-order valence-corrected chi connectivity index (χ0v) is 13.9. The predicted octanol–water partition coefficient (Wildman–Crippen LogP) is 4.24. The Morgan fingerprint density at radius 1 is 0.833 bits per heavy atom. The van der Waals surface area contributed by atoms with Crippen molar-refractivity contribution in [2.75, 3.05) is 6.61 Å². The molecule has 0 bridgehead atoms. The van der Waals surface area contributed by atoms with E-state index < -0.39 is 0 Å². The molecule has 0 fully saturated rings. The second-order valence-electron chi connectivity index (χ2n) is 6.33. The Bertz CT molecular complexity index is 946. The van der Waals surface area contributed by atoms with Gasteiger partial charge >= 0.3 is 0 Å². The Balaban J connectivity index is 0.000000207. The van der Waals surface area contributed by atoms with Crippen LogP contribution in [0.25, 0.3) is 29.0 Å². The molecule has 0 saturated carbocycles. The van der Waals surface area contributed by atoms with Crippen molar-refractivity contribution in [2.45, 2.75) is 25.7 Å². The van der Waals surface area contributed by atoms with E-state index >= 15 is 0 Å². The second kappa shape index (κ2) is 6.92. The van der Waals surface area contributed by atoms with Gasteiger partial charge in [0.2, 0.25) is 0 Å². The molecule has 2 aliphatic carbocycles. The first kappa shape index (κ1) is 15.0. The Morgan fingerprint density at radius 2 is 1.75 bits per heavy atom. The van der Waals surface area contributed by atoms with Crippen LogP contribution >= 0.6 is 0 Å². The number of ether oxygens (including phenoxy) is 1. The summed E-state index contributed by atoms with van der Waals surface area (Å²) in [4.78, 5) is 0. The topological polar surface area (TPSA) is 9.23 Å². The van der Waals surface area contributed by atoms with Crippen molar-refractivity contribution in [3.8, 4) is 0 Å². The zero-order valence-electron chi connectivity index (χ0n) is 13.9. The molecule has 2 aromatic rings. The summed E-state index contributed by atoms with van der Waals surface area (Å²) in [5.74, 6) is 0. The lowest BCUT2D eigenvalue weighted by Gasteiger charge is -2.13. The molecule has 24 heavy (non-hydrogen) atoms. The standard InChI is InChI=1S/C18H16.C5H6O/c1-3-7-15-13(5-1)9-11-18-16-8-4-2-6-14(16)10-12-17(15)18;1-2-4-6-5-3-1/h1,5,7-12H,2-4,6H2;1-4H,5H2. The predicted molar refractivity (Wildman–Crippen MR) is 103 cm³/mol. The van der Waals surface area contributed by atoms with E-state index in [4.69, 9.17) is 4.74 Å². The summed E-state index contributed by atoms with van der Waals surface area (Å²) in [5.41, 5.74) is 2.89. The number of rotatable bonds is 0. The first-order chi connectivity index (χ1) is 11.9. The maximum Gasteiger partial charge on any atom is 0.106 e. The van der Waals surface area contributed by atoms with Crippen LogP contribution in [0.5, 0.6) is 0 Å². The third-order valence-corrected chi connectivity index (χ3v) is 4.78. The van der Waals surface area contributed by atoms with Gasteiger partial charge in [0.1, 0.15) is 6.61 Å². The molecule has 120 valence electrons. The van der Waals surface area contributed by atoms with Crippen LogP contribution in [-0.2, 0) is 11.2 Å². The van der Waals surface area contributed by atoms with Gasteiger partial charge < -0.3 is 4.74 Å². The van der Waals surface area contributed by atoms with Crippen LogP contribution in [0.3, 0.4) is 0 Å². The molecule has 0 saturated heterocycles. The van der Waals surface area contributed by atoms with Gasteiger partial charge in [-0.1, -0.05) is 54.6 Å². The molecule has 0 amide bonds. The molecule has 0 unspecified atom stereocenters. The van der Waals surface area contributed by atoms with E-state index in [-0.39, 0.29) is 0 Å². The number of allylic oxidation sites excluding steroid dienone is 3. The Morgan fingerprint density at radius 3 is 2.54 bits per heavy atom. The summed E-state index contributed by atoms with van der Waals surface area (Å²) in [6, 6.07) is 9.23. The Kier molecular flexibility index (Phi) is 4.33. The van der Waals surface area contributed by atoms with E-state index in [1.54, 1.807) is 6.26 Å². The maximum absolute atomic E-state index is 4.80. The van der Waals surface area contributed by atoms with E-state index in [0.29, 0.717) is 0 Å². The molecule has 0 spiro atoms. The summed E-state index contributed by atoms with van der Waals surface area (Å²) >= 11 is 0. The van der Waals surface area contributed by atoms with Gasteiger partial charge in [0, 0.05) is 0 Å². The van der Waals surface area contributed by atoms with Gasteiger partial charge in [-0.3, -0.25) is 0 Å². The molecule has 3 aliphatic rings. The van der Waals surface area contributed by atoms with Gasteiger partial charge in [-0.2, -0.15) is 0 Å². The van der Waals surface area contributed by atoms with E-state index in [2.05, 4.69) is 48.6 Å². The van der Waals surface area contributed by atoms with Crippen LogP contribution < -0.4 is 10.4 Å². The first-order valence-corrected chi connectivity index (χ1v) is 8.78. The SMILES string of the molecule is C1=CCOC=C1.C1=Cc2ccc3c4c(ccc3c2=CC1)CCCC=4. The fraction of sp³-hybridized carbons (Fsp3) is 0.217. The van der Waals surface area contributed by atoms with Gasteiger partial charge in [0.15, 0.2) is 0 Å². The summed E-state index contributed by atoms with van der Waals surface area (Å²) in [6.07, 6.45) is 21.6. The van der Waals surface area contributed by atoms with Crippen molar-refractivity contribution in [1.82, 2.24) is 0 Å². The first-order valence-electron chi connectivity index (χ1n) is 8.78. The lowest BCUT2D eigenvalue weighted by atomic mass is 9.92. The van der Waals surface area contributed by atoms with Gasteiger partial charge in [-0.15, -0.1) is 0 Å². The molecule has 5 rings (SSSR count). The van der Waals surface area contributed by atoms with E-state index in [1.165, 1.54) is 51.6 Å². The van der Waals surface area contributed by atoms with Crippen LogP contribution in [0.4, 0.5) is 0 Å². The zero-order chi connectivity index (χ0) is 16.2. The average Bonchev–Trinajstić information content (AvgIpc) is 2.69. The van der Waals surface area contributed by atoms with Crippen molar-refractivity contribution >= 4 is 29.0 Å². The molecule has 0 atom stereocenters. The number of aryl methyl sites for hydroxylation is 1. The second-order valence-corrected chi connectivity index (χ2v) is 6.33. The Labute approximate surface area is 143 Å². The lowest BCUT2D eigenvalue weighted by Crippen LogP contribution is -2.18. The summed E-state index contributed by atoms with van der Waals surface area (Å²) < 4.78 is 4.80. The third kappa shape index (κ3) is 2.94. The van der Waals surface area contributed by atoms with Gasteiger partial charge in [0.25, 0.3) is 0 Å². The molecule has 0 N–H and O–H groups in total. The highest BCUT2D eigenvalue weighted by Crippen LogP contribution is 2.16. The normalized spacial score (nSPS) is 16.8.